The summed E-state index contributed by atoms with van der Waals surface area (Å²) in [7, 11) is 0. The number of amides is 1. The summed E-state index contributed by atoms with van der Waals surface area (Å²) in [5.41, 5.74) is 0.576. The highest BCUT2D eigenvalue weighted by Gasteiger charge is 2.14. The van der Waals surface area contributed by atoms with Gasteiger partial charge in [0.1, 0.15) is 5.69 Å². The molecule has 1 atom stereocenters. The number of hydrogen-bond donors (Lipinski definition) is 2. The van der Waals surface area contributed by atoms with Crippen molar-refractivity contribution in [2.24, 2.45) is 5.92 Å². The minimum absolute atomic E-state index is 0.180. The third kappa shape index (κ3) is 3.87. The van der Waals surface area contributed by atoms with Crippen LogP contribution in [0.3, 0.4) is 0 Å². The number of nitrogens with one attached hydrogen (secondary N) is 1. The van der Waals surface area contributed by atoms with Crippen LogP contribution in [0.4, 0.5) is 0 Å². The van der Waals surface area contributed by atoms with Gasteiger partial charge in [-0.25, -0.2) is 0 Å². The van der Waals surface area contributed by atoms with Crippen molar-refractivity contribution in [3.8, 4) is 0 Å². The fourth-order valence-electron chi connectivity index (χ4n) is 1.54. The first-order chi connectivity index (χ1) is 8.45. The van der Waals surface area contributed by atoms with Gasteiger partial charge in [0, 0.05) is 23.8 Å². The Hall–Kier alpha value is -1.30. The van der Waals surface area contributed by atoms with Crippen LogP contribution in [0.2, 0.25) is 0 Å². The molecule has 0 aliphatic heterocycles. The molecule has 0 fully saturated rings. The Bertz CT molecular complexity index is 443. The normalized spacial score (nSPS) is 12.2. The summed E-state index contributed by atoms with van der Waals surface area (Å²) in [5.74, 6) is -1.47. The summed E-state index contributed by atoms with van der Waals surface area (Å²) < 4.78 is 2.69. The Labute approximate surface area is 114 Å². The molecular formula is C12H17BrN2O3. The Kier molecular flexibility index (Phi) is 5.40. The quantitative estimate of drug-likeness (QED) is 0.844. The lowest BCUT2D eigenvalue weighted by Crippen LogP contribution is -2.28. The van der Waals surface area contributed by atoms with Gasteiger partial charge in [0.15, 0.2) is 0 Å². The predicted octanol–water partition coefficient (Wildman–Crippen LogP) is 2.11. The first-order valence-corrected chi connectivity index (χ1v) is 6.61. The summed E-state index contributed by atoms with van der Waals surface area (Å²) in [6.45, 7) is 4.65. The van der Waals surface area contributed by atoms with Gasteiger partial charge in [-0.3, -0.25) is 9.59 Å². The molecule has 1 aromatic rings. The van der Waals surface area contributed by atoms with Crippen molar-refractivity contribution in [3.63, 3.8) is 0 Å². The average Bonchev–Trinajstić information content (AvgIpc) is 2.70. The number of aryl methyl sites for hydroxylation is 1. The molecule has 1 unspecified atom stereocenters. The smallest absolute Gasteiger partial charge is 0.306 e. The molecule has 0 bridgehead atoms. The summed E-state index contributed by atoms with van der Waals surface area (Å²) in [4.78, 5) is 22.5. The van der Waals surface area contributed by atoms with Crippen LogP contribution in [0, 0.1) is 5.92 Å². The van der Waals surface area contributed by atoms with E-state index in [-0.39, 0.29) is 5.91 Å². The van der Waals surface area contributed by atoms with Gasteiger partial charge < -0.3 is 15.0 Å². The first-order valence-electron chi connectivity index (χ1n) is 5.82. The molecule has 1 rings (SSSR count). The standard InChI is InChI=1S/C12H17BrN2O3/c1-3-15-7-9(13)6-10(15)11(16)14-5-4-8(2)12(17)18/h6-8H,3-5H2,1-2H3,(H,14,16)(H,17,18). The van der Waals surface area contributed by atoms with Gasteiger partial charge in [0.2, 0.25) is 0 Å². The fraction of sp³-hybridized carbons (Fsp3) is 0.500. The lowest BCUT2D eigenvalue weighted by molar-refractivity contribution is -0.141. The van der Waals surface area contributed by atoms with Gasteiger partial charge in [-0.2, -0.15) is 0 Å². The molecule has 6 heteroatoms. The number of rotatable bonds is 6. The zero-order chi connectivity index (χ0) is 13.7. The fourth-order valence-corrected chi connectivity index (χ4v) is 2.01. The van der Waals surface area contributed by atoms with Gasteiger partial charge >= 0.3 is 5.97 Å². The van der Waals surface area contributed by atoms with Gasteiger partial charge in [-0.05, 0) is 35.3 Å². The third-order valence-corrected chi connectivity index (χ3v) is 3.15. The second kappa shape index (κ2) is 6.58. The van der Waals surface area contributed by atoms with Gasteiger partial charge in [-0.1, -0.05) is 6.92 Å². The molecular weight excluding hydrogens is 300 g/mol. The zero-order valence-electron chi connectivity index (χ0n) is 10.4. The maximum atomic E-state index is 11.9. The molecule has 1 heterocycles. The highest BCUT2D eigenvalue weighted by molar-refractivity contribution is 9.10. The number of carbonyl (C=O) groups is 2. The number of aromatic nitrogens is 1. The van der Waals surface area contributed by atoms with E-state index in [0.717, 1.165) is 4.47 Å². The van der Waals surface area contributed by atoms with Crippen molar-refractivity contribution in [3.05, 3.63) is 22.4 Å². The summed E-state index contributed by atoms with van der Waals surface area (Å²) in [6.07, 6.45) is 2.27. The monoisotopic (exact) mass is 316 g/mol. The number of carbonyl (C=O) groups excluding carboxylic acids is 1. The topological polar surface area (TPSA) is 71.3 Å². The molecule has 0 spiro atoms. The van der Waals surface area contributed by atoms with Gasteiger partial charge in [0.05, 0.1) is 5.92 Å². The van der Waals surface area contributed by atoms with E-state index in [1.54, 1.807) is 13.0 Å². The molecule has 5 nitrogen and oxygen atoms in total. The molecule has 18 heavy (non-hydrogen) atoms. The third-order valence-electron chi connectivity index (χ3n) is 2.72. The van der Waals surface area contributed by atoms with Gasteiger partial charge in [-0.15, -0.1) is 0 Å². The second-order valence-corrected chi connectivity index (χ2v) is 5.03. The summed E-state index contributed by atoms with van der Waals surface area (Å²) >= 11 is 3.32. The molecule has 0 aliphatic rings. The van der Waals surface area contributed by atoms with Crippen LogP contribution in [0.5, 0.6) is 0 Å². The highest BCUT2D eigenvalue weighted by atomic mass is 79.9. The molecule has 1 aromatic heterocycles. The Morgan fingerprint density at radius 1 is 1.56 bits per heavy atom. The SMILES string of the molecule is CCn1cc(Br)cc1C(=O)NCCC(C)C(=O)O. The van der Waals surface area contributed by atoms with Crippen molar-refractivity contribution >= 4 is 27.8 Å². The Morgan fingerprint density at radius 3 is 2.78 bits per heavy atom. The Morgan fingerprint density at radius 2 is 2.22 bits per heavy atom. The van der Waals surface area contributed by atoms with Crippen molar-refractivity contribution in [1.29, 1.82) is 0 Å². The van der Waals surface area contributed by atoms with Crippen LogP contribution in [-0.2, 0) is 11.3 Å². The van der Waals surface area contributed by atoms with Crippen molar-refractivity contribution in [1.82, 2.24) is 9.88 Å². The predicted molar refractivity (Wildman–Crippen MR) is 71.6 cm³/mol. The van der Waals surface area contributed by atoms with Crippen LogP contribution in [0.25, 0.3) is 0 Å². The van der Waals surface area contributed by atoms with Crippen LogP contribution >= 0.6 is 15.9 Å². The number of carboxylic acid groups (broad SMARTS) is 1. The van der Waals surface area contributed by atoms with E-state index in [0.29, 0.717) is 25.2 Å². The summed E-state index contributed by atoms with van der Waals surface area (Å²) in [5, 5.41) is 11.5. The zero-order valence-corrected chi connectivity index (χ0v) is 12.0. The molecule has 0 saturated heterocycles. The van der Waals surface area contributed by atoms with Gasteiger partial charge in [0.25, 0.3) is 5.91 Å². The number of carboxylic acids is 1. The molecule has 0 radical (unpaired) electrons. The van der Waals surface area contributed by atoms with Crippen LogP contribution in [-0.4, -0.2) is 28.1 Å². The molecule has 0 aliphatic carbocycles. The molecule has 1 amide bonds. The van der Waals surface area contributed by atoms with E-state index in [2.05, 4.69) is 21.2 Å². The largest absolute Gasteiger partial charge is 0.481 e. The lowest BCUT2D eigenvalue weighted by Gasteiger charge is -2.09. The van der Waals surface area contributed by atoms with Crippen LogP contribution in [0.1, 0.15) is 30.8 Å². The first kappa shape index (κ1) is 14.8. The van der Waals surface area contributed by atoms with Crippen LogP contribution in [0.15, 0.2) is 16.7 Å². The van der Waals surface area contributed by atoms with E-state index in [4.69, 9.17) is 5.11 Å². The Balaban J connectivity index is 2.52. The van der Waals surface area contributed by atoms with E-state index in [1.807, 2.05) is 17.7 Å². The average molecular weight is 317 g/mol. The molecule has 0 aromatic carbocycles. The van der Waals surface area contributed by atoms with Crippen molar-refractivity contribution in [2.45, 2.75) is 26.8 Å². The maximum absolute atomic E-state index is 11.9. The second-order valence-electron chi connectivity index (χ2n) is 4.11. The molecule has 2 N–H and O–H groups in total. The molecule has 100 valence electrons. The van der Waals surface area contributed by atoms with E-state index in [9.17, 15) is 9.59 Å². The van der Waals surface area contributed by atoms with E-state index < -0.39 is 11.9 Å². The van der Waals surface area contributed by atoms with Crippen LogP contribution < -0.4 is 5.32 Å². The number of hydrogen-bond acceptors (Lipinski definition) is 2. The van der Waals surface area contributed by atoms with Crippen molar-refractivity contribution < 1.29 is 14.7 Å². The summed E-state index contributed by atoms with van der Waals surface area (Å²) in [6, 6.07) is 1.75. The lowest BCUT2D eigenvalue weighted by atomic mass is 10.1. The molecule has 0 saturated carbocycles. The number of halogens is 1. The highest BCUT2D eigenvalue weighted by Crippen LogP contribution is 2.14. The van der Waals surface area contributed by atoms with E-state index in [1.165, 1.54) is 0 Å². The van der Waals surface area contributed by atoms with Crippen molar-refractivity contribution in [2.75, 3.05) is 6.54 Å². The minimum atomic E-state index is -0.844. The van der Waals surface area contributed by atoms with E-state index >= 15 is 0 Å². The number of aliphatic carboxylic acids is 1. The minimum Gasteiger partial charge on any atom is -0.481 e. The maximum Gasteiger partial charge on any atom is 0.306 e. The number of nitrogens with zero attached hydrogens (tertiary/aromatic N) is 1.